The summed E-state index contributed by atoms with van der Waals surface area (Å²) in [5.41, 5.74) is 5.89. The molecule has 0 aliphatic carbocycles. The number of halogens is 2. The molecule has 6 nitrogen and oxygen atoms in total. The van der Waals surface area contributed by atoms with Crippen molar-refractivity contribution in [2.75, 3.05) is 11.2 Å². The van der Waals surface area contributed by atoms with Gasteiger partial charge >= 0.3 is 0 Å². The predicted molar refractivity (Wildman–Crippen MR) is 105 cm³/mol. The van der Waals surface area contributed by atoms with E-state index in [4.69, 9.17) is 23.2 Å². The van der Waals surface area contributed by atoms with Gasteiger partial charge in [0.1, 0.15) is 0 Å². The number of carbonyl (C=O) groups is 1. The molecule has 0 spiro atoms. The molecule has 0 radical (unpaired) electrons. The summed E-state index contributed by atoms with van der Waals surface area (Å²) in [7, 11) is -3.56. The maximum Gasteiger partial charge on any atom is 0.239 e. The molecule has 1 heterocycles. The van der Waals surface area contributed by atoms with Crippen molar-refractivity contribution in [1.29, 1.82) is 0 Å². The van der Waals surface area contributed by atoms with Gasteiger partial charge in [0, 0.05) is 16.5 Å². The molecule has 2 N–H and O–H groups in total. The number of aromatic nitrogens is 1. The number of amides is 1. The molecule has 0 bridgehead atoms. The second kappa shape index (κ2) is 7.79. The molecule has 3 rings (SSSR count). The molecule has 136 valence electrons. The van der Waals surface area contributed by atoms with Crippen LogP contribution in [-0.4, -0.2) is 25.1 Å². The number of hydrazine groups is 1. The number of rotatable bonds is 6. The highest BCUT2D eigenvalue weighted by molar-refractivity contribution is 7.91. The van der Waals surface area contributed by atoms with Gasteiger partial charge < -0.3 is 0 Å². The van der Waals surface area contributed by atoms with Gasteiger partial charge in [-0.1, -0.05) is 34.5 Å². The van der Waals surface area contributed by atoms with Crippen molar-refractivity contribution in [3.05, 3.63) is 52.5 Å². The first-order valence-electron chi connectivity index (χ1n) is 7.43. The molecule has 3 aromatic rings. The van der Waals surface area contributed by atoms with Crippen LogP contribution in [0.15, 0.2) is 47.4 Å². The Morgan fingerprint density at radius 2 is 1.77 bits per heavy atom. The van der Waals surface area contributed by atoms with Gasteiger partial charge in [-0.3, -0.25) is 15.6 Å². The zero-order valence-corrected chi connectivity index (χ0v) is 16.3. The highest BCUT2D eigenvalue weighted by Crippen LogP contribution is 2.27. The van der Waals surface area contributed by atoms with E-state index in [0.717, 1.165) is 10.2 Å². The van der Waals surface area contributed by atoms with Crippen LogP contribution in [-0.2, 0) is 14.6 Å². The Bertz CT molecular complexity index is 1050. The van der Waals surface area contributed by atoms with E-state index in [0.29, 0.717) is 15.2 Å². The number of nitrogens with one attached hydrogen (secondary N) is 2. The van der Waals surface area contributed by atoms with E-state index >= 15 is 0 Å². The van der Waals surface area contributed by atoms with Crippen LogP contribution in [0.25, 0.3) is 10.2 Å². The molecule has 0 atom stereocenters. The Hall–Kier alpha value is -1.87. The molecule has 0 aliphatic heterocycles. The molecule has 0 saturated heterocycles. The highest BCUT2D eigenvalue weighted by atomic mass is 35.5. The van der Waals surface area contributed by atoms with Crippen LogP contribution in [0.2, 0.25) is 10.0 Å². The quantitative estimate of drug-likeness (QED) is 0.579. The molecular formula is C16H13Cl2N3O3S2. The number of anilines is 1. The van der Waals surface area contributed by atoms with Gasteiger partial charge in [-0.25, -0.2) is 13.4 Å². The Balaban J connectivity index is 1.55. The minimum absolute atomic E-state index is 0.130. The number of sulfone groups is 1. The van der Waals surface area contributed by atoms with E-state index < -0.39 is 15.7 Å². The Morgan fingerprint density at radius 1 is 1.08 bits per heavy atom. The van der Waals surface area contributed by atoms with Crippen LogP contribution in [0.4, 0.5) is 5.13 Å². The molecule has 0 unspecified atom stereocenters. The number of thiazole rings is 1. The van der Waals surface area contributed by atoms with Crippen LogP contribution in [0.5, 0.6) is 0 Å². The van der Waals surface area contributed by atoms with Crippen LogP contribution in [0.3, 0.4) is 0 Å². The third-order valence-electron chi connectivity index (χ3n) is 3.43. The summed E-state index contributed by atoms with van der Waals surface area (Å²) in [5, 5.41) is 1.53. The SMILES string of the molecule is O=C(CCS(=O)(=O)c1ccc(Cl)cc1)NNc1nc2ccc(Cl)cc2s1. The highest BCUT2D eigenvalue weighted by Gasteiger charge is 2.16. The Labute approximate surface area is 164 Å². The summed E-state index contributed by atoms with van der Waals surface area (Å²) in [6.45, 7) is 0. The summed E-state index contributed by atoms with van der Waals surface area (Å²) in [6, 6.07) is 11.1. The molecule has 10 heteroatoms. The van der Waals surface area contributed by atoms with Gasteiger partial charge in [-0.05, 0) is 42.5 Å². The molecule has 1 aromatic heterocycles. The number of fused-ring (bicyclic) bond motifs is 1. The van der Waals surface area contributed by atoms with Gasteiger partial charge in [-0.2, -0.15) is 0 Å². The number of benzene rings is 2. The second-order valence-electron chi connectivity index (χ2n) is 5.33. The van der Waals surface area contributed by atoms with Gasteiger partial charge in [0.25, 0.3) is 0 Å². The normalized spacial score (nSPS) is 11.5. The Morgan fingerprint density at radius 3 is 2.50 bits per heavy atom. The fourth-order valence-corrected chi connectivity index (χ4v) is 4.59. The van der Waals surface area contributed by atoms with Crippen LogP contribution < -0.4 is 10.9 Å². The molecule has 0 aliphatic rings. The topological polar surface area (TPSA) is 88.2 Å². The second-order valence-corrected chi connectivity index (χ2v) is 9.34. The smallest absolute Gasteiger partial charge is 0.239 e. The molecule has 0 saturated carbocycles. The molecule has 0 fully saturated rings. The van der Waals surface area contributed by atoms with Gasteiger partial charge in [-0.15, -0.1) is 0 Å². The monoisotopic (exact) mass is 429 g/mol. The zero-order valence-electron chi connectivity index (χ0n) is 13.2. The van der Waals surface area contributed by atoms with Crippen LogP contribution in [0.1, 0.15) is 6.42 Å². The predicted octanol–water partition coefficient (Wildman–Crippen LogP) is 3.91. The van der Waals surface area contributed by atoms with E-state index in [1.807, 2.05) is 0 Å². The maximum atomic E-state index is 12.2. The van der Waals surface area contributed by atoms with E-state index in [1.165, 1.54) is 35.6 Å². The fraction of sp³-hybridized carbons (Fsp3) is 0.125. The zero-order chi connectivity index (χ0) is 18.7. The van der Waals surface area contributed by atoms with E-state index in [9.17, 15) is 13.2 Å². The number of carbonyl (C=O) groups excluding carboxylic acids is 1. The summed E-state index contributed by atoms with van der Waals surface area (Å²) in [4.78, 5) is 16.3. The van der Waals surface area contributed by atoms with Crippen LogP contribution in [0, 0.1) is 0 Å². The first-order valence-corrected chi connectivity index (χ1v) is 10.7. The van der Waals surface area contributed by atoms with Crippen molar-refractivity contribution in [3.8, 4) is 0 Å². The molecule has 2 aromatic carbocycles. The maximum absolute atomic E-state index is 12.2. The number of nitrogens with zero attached hydrogens (tertiary/aromatic N) is 1. The third-order valence-corrected chi connectivity index (χ3v) is 6.58. The van der Waals surface area contributed by atoms with Gasteiger partial charge in [0.2, 0.25) is 11.0 Å². The van der Waals surface area contributed by atoms with Crippen molar-refractivity contribution < 1.29 is 13.2 Å². The van der Waals surface area contributed by atoms with E-state index in [2.05, 4.69) is 15.8 Å². The average molecular weight is 430 g/mol. The lowest BCUT2D eigenvalue weighted by Crippen LogP contribution is -2.30. The first-order chi connectivity index (χ1) is 12.3. The lowest BCUT2D eigenvalue weighted by molar-refractivity contribution is -0.120. The standard InChI is InChI=1S/C16H13Cl2N3O3S2/c17-10-1-4-12(5-2-10)26(23,24)8-7-15(22)20-21-16-19-13-6-3-11(18)9-14(13)25-16/h1-6,9H,7-8H2,(H,19,21)(H,20,22). The summed E-state index contributed by atoms with van der Waals surface area (Å²) in [6.07, 6.45) is -0.186. The van der Waals surface area contributed by atoms with Gasteiger partial charge in [0.05, 0.1) is 20.9 Å². The summed E-state index contributed by atoms with van der Waals surface area (Å²) >= 11 is 13.0. The van der Waals surface area contributed by atoms with Crippen molar-refractivity contribution in [2.45, 2.75) is 11.3 Å². The van der Waals surface area contributed by atoms with Crippen molar-refractivity contribution in [3.63, 3.8) is 0 Å². The lowest BCUT2D eigenvalue weighted by Gasteiger charge is -2.06. The van der Waals surface area contributed by atoms with Gasteiger partial charge in [0.15, 0.2) is 9.84 Å². The van der Waals surface area contributed by atoms with Crippen molar-refractivity contribution in [2.24, 2.45) is 0 Å². The summed E-state index contributed by atoms with van der Waals surface area (Å²) in [5.74, 6) is -0.766. The van der Waals surface area contributed by atoms with E-state index in [1.54, 1.807) is 18.2 Å². The molecular weight excluding hydrogens is 417 g/mol. The Kier molecular flexibility index (Phi) is 5.67. The fourth-order valence-electron chi connectivity index (χ4n) is 2.12. The average Bonchev–Trinajstić information content (AvgIpc) is 3.00. The van der Waals surface area contributed by atoms with Crippen molar-refractivity contribution >= 4 is 65.6 Å². The molecule has 26 heavy (non-hydrogen) atoms. The lowest BCUT2D eigenvalue weighted by atomic mass is 10.3. The summed E-state index contributed by atoms with van der Waals surface area (Å²) < 4.78 is 25.3. The largest absolute Gasteiger partial charge is 0.273 e. The minimum Gasteiger partial charge on any atom is -0.273 e. The van der Waals surface area contributed by atoms with Crippen LogP contribution >= 0.6 is 34.5 Å². The van der Waals surface area contributed by atoms with E-state index in [-0.39, 0.29) is 17.1 Å². The van der Waals surface area contributed by atoms with Crippen molar-refractivity contribution in [1.82, 2.24) is 10.4 Å². The first kappa shape index (κ1) is 18.9. The minimum atomic E-state index is -3.56. The number of hydrogen-bond donors (Lipinski definition) is 2. The number of hydrogen-bond acceptors (Lipinski definition) is 6. The molecule has 1 amide bonds. The third kappa shape index (κ3) is 4.64.